The molecule has 108 valence electrons. The summed E-state index contributed by atoms with van der Waals surface area (Å²) in [5.74, 6) is -0.772. The molecule has 0 radical (unpaired) electrons. The van der Waals surface area contributed by atoms with E-state index in [1.165, 1.54) is 26.4 Å². The van der Waals surface area contributed by atoms with Crippen molar-refractivity contribution in [1.29, 1.82) is 5.26 Å². The molecule has 1 saturated heterocycles. The maximum absolute atomic E-state index is 12.9. The highest BCUT2D eigenvalue weighted by Crippen LogP contribution is 2.37. The molecule has 1 aliphatic heterocycles. The Bertz CT molecular complexity index is 540. The lowest BCUT2D eigenvalue weighted by atomic mass is 10.0. The Kier molecular flexibility index (Phi) is 3.63. The maximum Gasteiger partial charge on any atom is 0.417 e. The van der Waals surface area contributed by atoms with Crippen LogP contribution in [0.15, 0.2) is 18.2 Å². The number of hydrogen-bond donors (Lipinski definition) is 0. The highest BCUT2D eigenvalue weighted by atomic mass is 19.4. The van der Waals surface area contributed by atoms with Crippen LogP contribution in [-0.2, 0) is 15.7 Å². The maximum atomic E-state index is 12.9. The third-order valence-electron chi connectivity index (χ3n) is 3.40. The van der Waals surface area contributed by atoms with Gasteiger partial charge in [0.05, 0.1) is 30.3 Å². The van der Waals surface area contributed by atoms with Crippen LogP contribution in [0.1, 0.15) is 11.1 Å². The van der Waals surface area contributed by atoms with Crippen LogP contribution in [0.5, 0.6) is 0 Å². The molecular weight excluding hydrogens is 273 g/mol. The Hall–Kier alpha value is -1.78. The molecule has 0 N–H and O–H groups in total. The molecular formula is C13H13F3N2O2. The minimum absolute atomic E-state index is 0.337. The number of nitrogens with zero attached hydrogens (tertiary/aromatic N) is 2. The third-order valence-corrected chi connectivity index (χ3v) is 3.40. The van der Waals surface area contributed by atoms with Crippen molar-refractivity contribution in [3.8, 4) is 6.07 Å². The summed E-state index contributed by atoms with van der Waals surface area (Å²) in [4.78, 5) is 1.70. The van der Waals surface area contributed by atoms with E-state index in [1.807, 2.05) is 0 Å². The topological polar surface area (TPSA) is 45.5 Å². The second-order valence-electron chi connectivity index (χ2n) is 4.51. The van der Waals surface area contributed by atoms with Crippen molar-refractivity contribution in [2.45, 2.75) is 12.0 Å². The second-order valence-corrected chi connectivity index (χ2v) is 4.51. The highest BCUT2D eigenvalue weighted by molar-refractivity contribution is 5.56. The van der Waals surface area contributed by atoms with Gasteiger partial charge in [0.2, 0.25) is 5.79 Å². The Labute approximate surface area is 114 Å². The largest absolute Gasteiger partial charge is 0.417 e. The van der Waals surface area contributed by atoms with Crippen molar-refractivity contribution in [1.82, 2.24) is 0 Å². The molecule has 2 rings (SSSR count). The molecule has 0 bridgehead atoms. The lowest BCUT2D eigenvalue weighted by molar-refractivity contribution is -0.219. The fraction of sp³-hybridized carbons (Fsp3) is 0.462. The first-order valence-corrected chi connectivity index (χ1v) is 5.82. The van der Waals surface area contributed by atoms with Gasteiger partial charge in [0.15, 0.2) is 0 Å². The van der Waals surface area contributed by atoms with E-state index in [9.17, 15) is 13.2 Å². The standard InChI is InChI=1S/C13H13F3N2O2/c1-19-12(20-2)7-18(8-12)10-4-3-9(6-17)11(5-10)13(14,15)16/h3-5H,7-8H2,1-2H3. The monoisotopic (exact) mass is 286 g/mol. The van der Waals surface area contributed by atoms with E-state index in [0.29, 0.717) is 18.8 Å². The van der Waals surface area contributed by atoms with E-state index in [-0.39, 0.29) is 5.56 Å². The average molecular weight is 286 g/mol. The predicted molar refractivity (Wildman–Crippen MR) is 65.1 cm³/mol. The van der Waals surface area contributed by atoms with Gasteiger partial charge in [0.1, 0.15) is 0 Å². The van der Waals surface area contributed by atoms with Crippen molar-refractivity contribution in [3.05, 3.63) is 29.3 Å². The molecule has 0 aliphatic carbocycles. The van der Waals surface area contributed by atoms with Gasteiger partial charge in [-0.1, -0.05) is 0 Å². The van der Waals surface area contributed by atoms with E-state index in [0.717, 1.165) is 6.07 Å². The second kappa shape index (κ2) is 4.96. The van der Waals surface area contributed by atoms with Crippen molar-refractivity contribution >= 4 is 5.69 Å². The molecule has 0 spiro atoms. The van der Waals surface area contributed by atoms with Crippen molar-refractivity contribution in [2.24, 2.45) is 0 Å². The number of benzene rings is 1. The summed E-state index contributed by atoms with van der Waals surface area (Å²) in [7, 11) is 2.97. The van der Waals surface area contributed by atoms with Crippen LogP contribution in [-0.4, -0.2) is 33.1 Å². The molecule has 20 heavy (non-hydrogen) atoms. The van der Waals surface area contributed by atoms with E-state index in [1.54, 1.807) is 11.0 Å². The number of rotatable bonds is 3. The zero-order chi connectivity index (χ0) is 15.0. The first-order chi connectivity index (χ1) is 9.35. The summed E-state index contributed by atoms with van der Waals surface area (Å²) in [5, 5.41) is 8.74. The van der Waals surface area contributed by atoms with Crippen molar-refractivity contribution in [2.75, 3.05) is 32.2 Å². The summed E-state index contributed by atoms with van der Waals surface area (Å²) in [6, 6.07) is 5.20. The molecule has 1 aromatic carbocycles. The zero-order valence-corrected chi connectivity index (χ0v) is 11.0. The van der Waals surface area contributed by atoms with Gasteiger partial charge in [-0.2, -0.15) is 18.4 Å². The molecule has 7 heteroatoms. The van der Waals surface area contributed by atoms with Crippen LogP contribution in [0.25, 0.3) is 0 Å². The number of hydrogen-bond acceptors (Lipinski definition) is 4. The minimum atomic E-state index is -4.55. The number of nitriles is 1. The van der Waals surface area contributed by atoms with Crippen LogP contribution in [0, 0.1) is 11.3 Å². The minimum Gasteiger partial charge on any atom is -0.361 e. The predicted octanol–water partition coefficient (Wildman–Crippen LogP) is 2.39. The van der Waals surface area contributed by atoms with Crippen LogP contribution in [0.4, 0.5) is 18.9 Å². The summed E-state index contributed by atoms with van der Waals surface area (Å²) in [6.07, 6.45) is -4.55. The summed E-state index contributed by atoms with van der Waals surface area (Å²) in [5.41, 5.74) is -0.919. The third kappa shape index (κ3) is 2.44. The quantitative estimate of drug-likeness (QED) is 0.800. The smallest absolute Gasteiger partial charge is 0.361 e. The molecule has 1 aliphatic rings. The lowest BCUT2D eigenvalue weighted by Crippen LogP contribution is -2.64. The first kappa shape index (κ1) is 14.6. The van der Waals surface area contributed by atoms with Crippen molar-refractivity contribution < 1.29 is 22.6 Å². The van der Waals surface area contributed by atoms with Crippen LogP contribution in [0.2, 0.25) is 0 Å². The van der Waals surface area contributed by atoms with Crippen molar-refractivity contribution in [3.63, 3.8) is 0 Å². The molecule has 0 atom stereocenters. The van der Waals surface area contributed by atoms with E-state index >= 15 is 0 Å². The molecule has 1 aromatic rings. The van der Waals surface area contributed by atoms with E-state index < -0.39 is 17.5 Å². The fourth-order valence-electron chi connectivity index (χ4n) is 2.12. The van der Waals surface area contributed by atoms with Gasteiger partial charge in [-0.05, 0) is 18.2 Å². The fourth-order valence-corrected chi connectivity index (χ4v) is 2.12. The Morgan fingerprint density at radius 3 is 2.30 bits per heavy atom. The average Bonchev–Trinajstić information content (AvgIpc) is 2.37. The van der Waals surface area contributed by atoms with Gasteiger partial charge < -0.3 is 14.4 Å². The molecule has 0 aromatic heterocycles. The van der Waals surface area contributed by atoms with Crippen LogP contribution < -0.4 is 4.90 Å². The van der Waals surface area contributed by atoms with Crippen LogP contribution in [0.3, 0.4) is 0 Å². The summed E-state index contributed by atoms with van der Waals surface area (Å²) in [6.45, 7) is 0.673. The first-order valence-electron chi connectivity index (χ1n) is 5.82. The number of alkyl halides is 3. The normalized spacial score (nSPS) is 17.5. The van der Waals surface area contributed by atoms with Gasteiger partial charge in [-0.15, -0.1) is 0 Å². The van der Waals surface area contributed by atoms with Crippen LogP contribution >= 0.6 is 0 Å². The van der Waals surface area contributed by atoms with E-state index in [2.05, 4.69) is 0 Å². The summed E-state index contributed by atoms with van der Waals surface area (Å²) < 4.78 is 49.0. The van der Waals surface area contributed by atoms with Gasteiger partial charge >= 0.3 is 6.18 Å². The zero-order valence-electron chi connectivity index (χ0n) is 11.0. The molecule has 0 unspecified atom stereocenters. The molecule has 1 heterocycles. The molecule has 0 saturated carbocycles. The Morgan fingerprint density at radius 1 is 1.25 bits per heavy atom. The molecule has 4 nitrogen and oxygen atoms in total. The van der Waals surface area contributed by atoms with E-state index in [4.69, 9.17) is 14.7 Å². The number of ether oxygens (including phenoxy) is 2. The number of anilines is 1. The Morgan fingerprint density at radius 2 is 1.85 bits per heavy atom. The SMILES string of the molecule is COC1(OC)CN(c2ccc(C#N)c(C(F)(F)F)c2)C1. The number of halogens is 3. The molecule has 1 fully saturated rings. The van der Waals surface area contributed by atoms with Gasteiger partial charge in [0, 0.05) is 19.9 Å². The Balaban J connectivity index is 2.27. The van der Waals surface area contributed by atoms with Gasteiger partial charge in [-0.25, -0.2) is 0 Å². The summed E-state index contributed by atoms with van der Waals surface area (Å²) >= 11 is 0. The van der Waals surface area contributed by atoms with Gasteiger partial charge in [0.25, 0.3) is 0 Å². The lowest BCUT2D eigenvalue weighted by Gasteiger charge is -2.48. The molecule has 0 amide bonds. The highest BCUT2D eigenvalue weighted by Gasteiger charge is 2.44. The van der Waals surface area contributed by atoms with Gasteiger partial charge in [-0.3, -0.25) is 0 Å². The number of methoxy groups -OCH3 is 2.